The topological polar surface area (TPSA) is 88.1 Å². The number of nitrogens with one attached hydrogen (secondary N) is 1. The molecule has 2 N–H and O–H groups in total. The Morgan fingerprint density at radius 2 is 1.91 bits per heavy atom. The number of carbonyl (C=O) groups excluding carboxylic acids is 1. The van der Waals surface area contributed by atoms with Crippen LogP contribution < -0.4 is 10.1 Å². The second-order valence-corrected chi connectivity index (χ2v) is 9.86. The molecular formula is C26H30N2O5. The van der Waals surface area contributed by atoms with Gasteiger partial charge in [-0.05, 0) is 50.8 Å². The molecular weight excluding hydrogens is 420 g/mol. The quantitative estimate of drug-likeness (QED) is 0.733. The molecule has 1 amide bonds. The fourth-order valence-electron chi connectivity index (χ4n) is 5.65. The normalized spacial score (nSPS) is 27.9. The Morgan fingerprint density at radius 3 is 2.73 bits per heavy atom. The molecule has 0 bridgehead atoms. The molecule has 0 spiro atoms. The predicted octanol–water partition coefficient (Wildman–Crippen LogP) is 3.96. The summed E-state index contributed by atoms with van der Waals surface area (Å²) in [5, 5.41) is 12.1. The van der Waals surface area contributed by atoms with Crippen molar-refractivity contribution in [3.05, 3.63) is 59.7 Å². The van der Waals surface area contributed by atoms with Gasteiger partial charge in [0, 0.05) is 24.6 Å². The number of piperidine rings is 1. The molecule has 5 rings (SSSR count). The molecule has 0 saturated carbocycles. The van der Waals surface area contributed by atoms with Gasteiger partial charge in [0.2, 0.25) is 5.91 Å². The van der Waals surface area contributed by atoms with Crippen LogP contribution in [0.1, 0.15) is 48.7 Å². The summed E-state index contributed by atoms with van der Waals surface area (Å²) in [4.78, 5) is 26.2. The van der Waals surface area contributed by atoms with Gasteiger partial charge in [-0.3, -0.25) is 9.69 Å². The maximum atomic E-state index is 12.7. The molecule has 3 aliphatic heterocycles. The fourth-order valence-corrected chi connectivity index (χ4v) is 5.65. The number of anilines is 1. The molecule has 0 radical (unpaired) electrons. The van der Waals surface area contributed by atoms with E-state index in [0.717, 1.165) is 37.2 Å². The van der Waals surface area contributed by atoms with Crippen LogP contribution in [0, 0.1) is 11.8 Å². The van der Waals surface area contributed by atoms with E-state index in [0.29, 0.717) is 11.6 Å². The number of carbonyl (C=O) groups is 2. The third-order valence-electron chi connectivity index (χ3n) is 7.28. The highest BCUT2D eigenvalue weighted by molar-refractivity contribution is 6.01. The zero-order chi connectivity index (χ0) is 23.2. The van der Waals surface area contributed by atoms with Crippen molar-refractivity contribution in [2.75, 3.05) is 25.0 Å². The zero-order valence-electron chi connectivity index (χ0n) is 19.0. The van der Waals surface area contributed by atoms with Crippen molar-refractivity contribution < 1.29 is 24.2 Å². The molecule has 0 aliphatic carbocycles. The van der Waals surface area contributed by atoms with Crippen molar-refractivity contribution in [2.24, 2.45) is 11.8 Å². The predicted molar refractivity (Wildman–Crippen MR) is 123 cm³/mol. The van der Waals surface area contributed by atoms with E-state index in [4.69, 9.17) is 9.47 Å². The zero-order valence-corrected chi connectivity index (χ0v) is 19.0. The third kappa shape index (κ3) is 4.23. The summed E-state index contributed by atoms with van der Waals surface area (Å²) in [5.74, 6) is 0.224. The van der Waals surface area contributed by atoms with Crippen LogP contribution >= 0.6 is 0 Å². The van der Waals surface area contributed by atoms with Crippen molar-refractivity contribution in [3.8, 4) is 5.75 Å². The summed E-state index contributed by atoms with van der Waals surface area (Å²) < 4.78 is 13.0. The molecule has 3 aliphatic rings. The fraction of sp³-hybridized carbons (Fsp3) is 0.462. The Balaban J connectivity index is 1.25. The van der Waals surface area contributed by atoms with Crippen LogP contribution in [-0.4, -0.2) is 53.2 Å². The van der Waals surface area contributed by atoms with Gasteiger partial charge in [-0.2, -0.15) is 0 Å². The first-order valence-corrected chi connectivity index (χ1v) is 11.6. The van der Waals surface area contributed by atoms with Crippen molar-refractivity contribution in [3.63, 3.8) is 0 Å². The number of ether oxygens (including phenoxy) is 2. The molecule has 7 nitrogen and oxygen atoms in total. The van der Waals surface area contributed by atoms with Gasteiger partial charge in [0.25, 0.3) is 0 Å². The van der Waals surface area contributed by atoms with Crippen molar-refractivity contribution in [1.29, 1.82) is 0 Å². The first-order valence-electron chi connectivity index (χ1n) is 11.6. The van der Waals surface area contributed by atoms with Crippen LogP contribution in [0.5, 0.6) is 5.75 Å². The second kappa shape index (κ2) is 8.47. The van der Waals surface area contributed by atoms with E-state index >= 15 is 0 Å². The molecule has 2 fully saturated rings. The SMILES string of the molecule is CC1(C)Oc2ccccc2[C@H]2O[C@H]3CCN(CC(=O)Nc4ccccc4C(=O)O)C[C@H]3C[C@@H]21. The molecule has 174 valence electrons. The molecule has 3 heterocycles. The monoisotopic (exact) mass is 450 g/mol. The second-order valence-electron chi connectivity index (χ2n) is 9.86. The maximum absolute atomic E-state index is 12.7. The summed E-state index contributed by atoms with van der Waals surface area (Å²) in [5.41, 5.74) is 1.23. The lowest BCUT2D eigenvalue weighted by Gasteiger charge is -2.53. The van der Waals surface area contributed by atoms with E-state index in [1.54, 1.807) is 18.2 Å². The van der Waals surface area contributed by atoms with Gasteiger partial charge in [-0.1, -0.05) is 30.3 Å². The minimum Gasteiger partial charge on any atom is -0.487 e. The summed E-state index contributed by atoms with van der Waals surface area (Å²) in [6, 6.07) is 14.6. The Hall–Kier alpha value is -2.90. The minimum atomic E-state index is -1.06. The summed E-state index contributed by atoms with van der Waals surface area (Å²) in [7, 11) is 0. The molecule has 0 unspecified atom stereocenters. The minimum absolute atomic E-state index is 0.0357. The number of hydrogen-bond acceptors (Lipinski definition) is 5. The van der Waals surface area contributed by atoms with Gasteiger partial charge in [-0.15, -0.1) is 0 Å². The molecule has 7 heteroatoms. The van der Waals surface area contributed by atoms with Crippen molar-refractivity contribution >= 4 is 17.6 Å². The molecule has 0 aromatic heterocycles. The average Bonchev–Trinajstić information content (AvgIpc) is 2.78. The van der Waals surface area contributed by atoms with E-state index in [9.17, 15) is 14.7 Å². The number of amides is 1. The highest BCUT2D eigenvalue weighted by atomic mass is 16.5. The van der Waals surface area contributed by atoms with Gasteiger partial charge >= 0.3 is 5.97 Å². The molecule has 2 aromatic rings. The molecule has 33 heavy (non-hydrogen) atoms. The smallest absolute Gasteiger partial charge is 0.337 e. The number of para-hydroxylation sites is 2. The Labute approximate surface area is 193 Å². The van der Waals surface area contributed by atoms with Gasteiger partial charge < -0.3 is 19.9 Å². The summed E-state index contributed by atoms with van der Waals surface area (Å²) in [6.07, 6.45) is 2.06. The molecule has 2 aromatic carbocycles. The van der Waals surface area contributed by atoms with E-state index in [2.05, 4.69) is 30.1 Å². The van der Waals surface area contributed by atoms with Crippen LogP contribution in [0.3, 0.4) is 0 Å². The van der Waals surface area contributed by atoms with Crippen LogP contribution in [0.2, 0.25) is 0 Å². The largest absolute Gasteiger partial charge is 0.487 e. The molecule has 2 saturated heterocycles. The highest BCUT2D eigenvalue weighted by Crippen LogP contribution is 2.52. The molecule has 4 atom stereocenters. The number of carboxylic acids is 1. The Kier molecular flexibility index (Phi) is 5.62. The number of nitrogens with zero attached hydrogens (tertiary/aromatic N) is 1. The summed E-state index contributed by atoms with van der Waals surface area (Å²) >= 11 is 0. The lowest BCUT2D eigenvalue weighted by molar-refractivity contribution is -0.187. The third-order valence-corrected chi connectivity index (χ3v) is 7.28. The lowest BCUT2D eigenvalue weighted by Crippen LogP contribution is -2.55. The first-order chi connectivity index (χ1) is 15.8. The van der Waals surface area contributed by atoms with E-state index in [-0.39, 0.29) is 41.7 Å². The number of benzene rings is 2. The van der Waals surface area contributed by atoms with Crippen molar-refractivity contribution in [1.82, 2.24) is 4.90 Å². The Morgan fingerprint density at radius 1 is 1.15 bits per heavy atom. The van der Waals surface area contributed by atoms with Crippen LogP contribution in [0.25, 0.3) is 0 Å². The van der Waals surface area contributed by atoms with E-state index in [1.165, 1.54) is 6.07 Å². The van der Waals surface area contributed by atoms with Crippen LogP contribution in [0.4, 0.5) is 5.69 Å². The first kappa shape index (κ1) is 21.9. The van der Waals surface area contributed by atoms with E-state index < -0.39 is 5.97 Å². The lowest BCUT2D eigenvalue weighted by atomic mass is 9.70. The number of likely N-dealkylation sites (tertiary alicyclic amines) is 1. The number of hydrogen-bond donors (Lipinski definition) is 2. The number of rotatable bonds is 4. The summed E-state index contributed by atoms with van der Waals surface area (Å²) in [6.45, 7) is 6.05. The van der Waals surface area contributed by atoms with Crippen LogP contribution in [0.15, 0.2) is 48.5 Å². The Bertz CT molecular complexity index is 1070. The van der Waals surface area contributed by atoms with Gasteiger partial charge in [0.1, 0.15) is 11.4 Å². The standard InChI is InChI=1S/C26H30N2O5/c1-26(2)19-13-16-14-28(15-23(29)27-20-9-5-3-7-17(20)25(30)31)12-11-21(16)32-24(19)18-8-4-6-10-22(18)33-26/h3-10,16,19,21,24H,11-15H2,1-2H3,(H,27,29)(H,30,31)/t16-,19+,21+,24-/m1/s1. The van der Waals surface area contributed by atoms with Gasteiger partial charge in [0.15, 0.2) is 0 Å². The van der Waals surface area contributed by atoms with Gasteiger partial charge in [-0.25, -0.2) is 4.79 Å². The van der Waals surface area contributed by atoms with Crippen LogP contribution in [-0.2, 0) is 9.53 Å². The maximum Gasteiger partial charge on any atom is 0.337 e. The number of carboxylic acid groups (broad SMARTS) is 1. The number of fused-ring (bicyclic) bond motifs is 4. The number of aromatic carboxylic acids is 1. The van der Waals surface area contributed by atoms with E-state index in [1.807, 2.05) is 18.2 Å². The van der Waals surface area contributed by atoms with Crippen molar-refractivity contribution in [2.45, 2.75) is 44.5 Å². The highest BCUT2D eigenvalue weighted by Gasteiger charge is 2.51. The average molecular weight is 451 g/mol. The van der Waals surface area contributed by atoms with Gasteiger partial charge in [0.05, 0.1) is 30.0 Å².